The number of rotatable bonds is 5. The van der Waals surface area contributed by atoms with Crippen LogP contribution in [0.5, 0.6) is 0 Å². The minimum Gasteiger partial charge on any atom is -0.360 e. The second kappa shape index (κ2) is 5.23. The van der Waals surface area contributed by atoms with Crippen molar-refractivity contribution in [1.29, 1.82) is 0 Å². The van der Waals surface area contributed by atoms with Crippen molar-refractivity contribution < 1.29 is 4.52 Å². The Morgan fingerprint density at radius 3 is 2.94 bits per heavy atom. The number of thiazole rings is 1. The Labute approximate surface area is 98.7 Å². The standard InChI is InChI=1S/C11H15N3OS/c1-3-9-4-10(15-14-9)5-12-6-11-13-8(2)7-16-11/h4,7,12H,3,5-6H2,1-2H3. The van der Waals surface area contributed by atoms with Crippen LogP contribution < -0.4 is 5.32 Å². The number of hydrogen-bond donors (Lipinski definition) is 1. The van der Waals surface area contributed by atoms with Crippen molar-refractivity contribution in [3.05, 3.63) is 33.6 Å². The molecule has 1 N–H and O–H groups in total. The molecule has 2 aromatic heterocycles. The number of aryl methyl sites for hydroxylation is 2. The lowest BCUT2D eigenvalue weighted by Crippen LogP contribution is -2.11. The lowest BCUT2D eigenvalue weighted by atomic mass is 10.3. The Morgan fingerprint density at radius 1 is 1.44 bits per heavy atom. The van der Waals surface area contributed by atoms with Gasteiger partial charge < -0.3 is 9.84 Å². The van der Waals surface area contributed by atoms with E-state index in [0.29, 0.717) is 6.54 Å². The lowest BCUT2D eigenvalue weighted by Gasteiger charge is -1.97. The zero-order valence-electron chi connectivity index (χ0n) is 9.49. The van der Waals surface area contributed by atoms with E-state index in [9.17, 15) is 0 Å². The fraction of sp³-hybridized carbons (Fsp3) is 0.455. The minimum absolute atomic E-state index is 0.700. The van der Waals surface area contributed by atoms with Gasteiger partial charge in [-0.2, -0.15) is 0 Å². The van der Waals surface area contributed by atoms with Crippen LogP contribution in [-0.2, 0) is 19.5 Å². The molecular formula is C11H15N3OS. The van der Waals surface area contributed by atoms with E-state index in [-0.39, 0.29) is 0 Å². The molecule has 16 heavy (non-hydrogen) atoms. The van der Waals surface area contributed by atoms with Gasteiger partial charge in [-0.05, 0) is 13.3 Å². The van der Waals surface area contributed by atoms with E-state index in [0.717, 1.165) is 35.1 Å². The van der Waals surface area contributed by atoms with Crippen LogP contribution in [0.2, 0.25) is 0 Å². The van der Waals surface area contributed by atoms with Gasteiger partial charge in [-0.1, -0.05) is 12.1 Å². The van der Waals surface area contributed by atoms with Crippen molar-refractivity contribution in [3.8, 4) is 0 Å². The van der Waals surface area contributed by atoms with Crippen LogP contribution in [0.25, 0.3) is 0 Å². The molecule has 0 saturated heterocycles. The molecule has 2 aromatic rings. The predicted octanol–water partition coefficient (Wildman–Crippen LogP) is 2.29. The number of nitrogens with one attached hydrogen (secondary N) is 1. The Bertz CT molecular complexity index is 450. The van der Waals surface area contributed by atoms with Gasteiger partial charge in [-0.3, -0.25) is 0 Å². The Balaban J connectivity index is 1.79. The first-order valence-electron chi connectivity index (χ1n) is 5.34. The normalized spacial score (nSPS) is 10.9. The molecule has 0 fully saturated rings. The first kappa shape index (κ1) is 11.3. The van der Waals surface area contributed by atoms with E-state index >= 15 is 0 Å². The molecule has 0 aliphatic rings. The second-order valence-corrected chi connectivity index (χ2v) is 4.57. The highest BCUT2D eigenvalue weighted by molar-refractivity contribution is 7.09. The third-order valence-electron chi connectivity index (χ3n) is 2.21. The van der Waals surface area contributed by atoms with Gasteiger partial charge in [0.05, 0.1) is 12.2 Å². The van der Waals surface area contributed by atoms with Gasteiger partial charge in [0.25, 0.3) is 0 Å². The van der Waals surface area contributed by atoms with E-state index in [1.165, 1.54) is 0 Å². The molecule has 2 heterocycles. The summed E-state index contributed by atoms with van der Waals surface area (Å²) in [6.45, 7) is 5.55. The quantitative estimate of drug-likeness (QED) is 0.867. The Hall–Kier alpha value is -1.20. The summed E-state index contributed by atoms with van der Waals surface area (Å²) in [5.74, 6) is 0.880. The largest absolute Gasteiger partial charge is 0.360 e. The van der Waals surface area contributed by atoms with Gasteiger partial charge >= 0.3 is 0 Å². The van der Waals surface area contributed by atoms with Gasteiger partial charge in [0, 0.05) is 23.7 Å². The summed E-state index contributed by atoms with van der Waals surface area (Å²) in [6, 6.07) is 1.99. The zero-order chi connectivity index (χ0) is 11.4. The molecule has 0 spiro atoms. The SMILES string of the molecule is CCc1cc(CNCc2nc(C)cs2)on1. The molecule has 4 nitrogen and oxygen atoms in total. The van der Waals surface area contributed by atoms with Crippen molar-refractivity contribution in [1.82, 2.24) is 15.5 Å². The zero-order valence-corrected chi connectivity index (χ0v) is 10.3. The topological polar surface area (TPSA) is 51.0 Å². The van der Waals surface area contributed by atoms with Crippen molar-refractivity contribution in [3.63, 3.8) is 0 Å². The number of aromatic nitrogens is 2. The molecule has 0 aliphatic carbocycles. The van der Waals surface area contributed by atoms with Crippen LogP contribution in [0.1, 0.15) is 29.1 Å². The van der Waals surface area contributed by atoms with Gasteiger partial charge in [0.15, 0.2) is 5.76 Å². The molecule has 0 bridgehead atoms. The van der Waals surface area contributed by atoms with E-state index in [2.05, 4.69) is 27.8 Å². The maximum absolute atomic E-state index is 5.17. The molecule has 0 unspecified atom stereocenters. The second-order valence-electron chi connectivity index (χ2n) is 3.62. The van der Waals surface area contributed by atoms with Gasteiger partial charge in [0.1, 0.15) is 5.01 Å². The van der Waals surface area contributed by atoms with Gasteiger partial charge in [0.2, 0.25) is 0 Å². The summed E-state index contributed by atoms with van der Waals surface area (Å²) in [7, 11) is 0. The van der Waals surface area contributed by atoms with Crippen LogP contribution in [0.3, 0.4) is 0 Å². The minimum atomic E-state index is 0.700. The monoisotopic (exact) mass is 237 g/mol. The molecule has 0 saturated carbocycles. The van der Waals surface area contributed by atoms with Crippen LogP contribution in [0.15, 0.2) is 16.0 Å². The maximum atomic E-state index is 5.17. The fourth-order valence-electron chi connectivity index (χ4n) is 1.38. The molecule has 86 valence electrons. The van der Waals surface area contributed by atoms with E-state index in [1.54, 1.807) is 11.3 Å². The van der Waals surface area contributed by atoms with Gasteiger partial charge in [-0.25, -0.2) is 4.98 Å². The smallest absolute Gasteiger partial charge is 0.150 e. The van der Waals surface area contributed by atoms with E-state index in [4.69, 9.17) is 4.52 Å². The molecule has 0 atom stereocenters. The van der Waals surface area contributed by atoms with Crippen molar-refractivity contribution in [2.24, 2.45) is 0 Å². The highest BCUT2D eigenvalue weighted by Gasteiger charge is 2.03. The van der Waals surface area contributed by atoms with Gasteiger partial charge in [-0.15, -0.1) is 11.3 Å². The average molecular weight is 237 g/mol. The van der Waals surface area contributed by atoms with Crippen molar-refractivity contribution in [2.45, 2.75) is 33.4 Å². The molecule has 2 rings (SSSR count). The van der Waals surface area contributed by atoms with Crippen LogP contribution >= 0.6 is 11.3 Å². The number of hydrogen-bond acceptors (Lipinski definition) is 5. The highest BCUT2D eigenvalue weighted by atomic mass is 32.1. The lowest BCUT2D eigenvalue weighted by molar-refractivity contribution is 0.368. The first-order chi connectivity index (χ1) is 7.78. The molecule has 0 radical (unpaired) electrons. The summed E-state index contributed by atoms with van der Waals surface area (Å²) in [4.78, 5) is 4.37. The highest BCUT2D eigenvalue weighted by Crippen LogP contribution is 2.09. The van der Waals surface area contributed by atoms with E-state index in [1.807, 2.05) is 13.0 Å². The number of nitrogens with zero attached hydrogens (tertiary/aromatic N) is 2. The van der Waals surface area contributed by atoms with Crippen LogP contribution in [-0.4, -0.2) is 10.1 Å². The summed E-state index contributed by atoms with van der Waals surface area (Å²) in [5.41, 5.74) is 2.08. The van der Waals surface area contributed by atoms with Crippen molar-refractivity contribution >= 4 is 11.3 Å². The van der Waals surface area contributed by atoms with Crippen molar-refractivity contribution in [2.75, 3.05) is 0 Å². The summed E-state index contributed by atoms with van der Waals surface area (Å²) >= 11 is 1.67. The Kier molecular flexibility index (Phi) is 3.69. The van der Waals surface area contributed by atoms with E-state index < -0.39 is 0 Å². The summed E-state index contributed by atoms with van der Waals surface area (Å²) in [6.07, 6.45) is 0.912. The average Bonchev–Trinajstić information content (AvgIpc) is 2.88. The van der Waals surface area contributed by atoms with Crippen LogP contribution in [0, 0.1) is 6.92 Å². The molecule has 0 aliphatic heterocycles. The molecular weight excluding hydrogens is 222 g/mol. The fourth-order valence-corrected chi connectivity index (χ4v) is 2.12. The maximum Gasteiger partial charge on any atom is 0.150 e. The molecule has 0 amide bonds. The molecule has 0 aromatic carbocycles. The summed E-state index contributed by atoms with van der Waals surface area (Å²) < 4.78 is 5.17. The van der Waals surface area contributed by atoms with Crippen LogP contribution in [0.4, 0.5) is 0 Å². The predicted molar refractivity (Wildman–Crippen MR) is 63.3 cm³/mol. The molecule has 5 heteroatoms. The third-order valence-corrected chi connectivity index (χ3v) is 3.18. The Morgan fingerprint density at radius 2 is 2.31 bits per heavy atom. The third kappa shape index (κ3) is 2.90. The summed E-state index contributed by atoms with van der Waals surface area (Å²) in [5, 5.41) is 10.4. The first-order valence-corrected chi connectivity index (χ1v) is 6.22.